The Kier molecular flexibility index (Phi) is 7.47. The fourth-order valence-electron chi connectivity index (χ4n) is 1.39. The fraction of sp³-hybridized carbons (Fsp3) is 0.462. The molecule has 0 fully saturated rings. The molecule has 106 valence electrons. The van der Waals surface area contributed by atoms with Gasteiger partial charge in [0.1, 0.15) is 12.9 Å². The predicted molar refractivity (Wildman–Crippen MR) is 74.3 cm³/mol. The van der Waals surface area contributed by atoms with Crippen molar-refractivity contribution in [2.75, 3.05) is 40.6 Å². The molecule has 1 rings (SSSR count). The van der Waals surface area contributed by atoms with Gasteiger partial charge < -0.3 is 18.9 Å². The van der Waals surface area contributed by atoms with Crippen LogP contribution >= 0.6 is 15.9 Å². The van der Waals surface area contributed by atoms with Gasteiger partial charge in [0.15, 0.2) is 11.5 Å². The molecule has 0 heterocycles. The monoisotopic (exact) mass is 332 g/mol. The minimum absolute atomic E-state index is 0.388. The quantitative estimate of drug-likeness (QED) is 0.513. The van der Waals surface area contributed by atoms with Crippen LogP contribution < -0.4 is 9.47 Å². The number of methoxy groups -OCH3 is 2. The first-order valence-electron chi connectivity index (χ1n) is 5.75. The van der Waals surface area contributed by atoms with Crippen molar-refractivity contribution < 1.29 is 23.7 Å². The van der Waals surface area contributed by atoms with E-state index >= 15 is 0 Å². The molecular weight excluding hydrogens is 316 g/mol. The van der Waals surface area contributed by atoms with Gasteiger partial charge in [0.2, 0.25) is 0 Å². The Morgan fingerprint density at radius 2 is 1.89 bits per heavy atom. The molecule has 0 aromatic heterocycles. The van der Waals surface area contributed by atoms with Crippen LogP contribution in [0.3, 0.4) is 0 Å². The van der Waals surface area contributed by atoms with Gasteiger partial charge in [0.05, 0.1) is 31.4 Å². The van der Waals surface area contributed by atoms with E-state index in [1.54, 1.807) is 19.2 Å². The first kappa shape index (κ1) is 15.9. The number of carbonyl (C=O) groups is 1. The lowest BCUT2D eigenvalue weighted by atomic mass is 10.2. The molecule has 0 aliphatic carbocycles. The largest absolute Gasteiger partial charge is 0.493 e. The Morgan fingerprint density at radius 3 is 2.53 bits per heavy atom. The molecule has 0 N–H and O–H groups in total. The maximum absolute atomic E-state index is 10.7. The molecule has 5 nitrogen and oxygen atoms in total. The van der Waals surface area contributed by atoms with Crippen molar-refractivity contribution >= 4 is 22.2 Å². The topological polar surface area (TPSA) is 54.0 Å². The van der Waals surface area contributed by atoms with E-state index in [4.69, 9.17) is 18.9 Å². The van der Waals surface area contributed by atoms with Crippen LogP contribution in [0.4, 0.5) is 0 Å². The Balaban J connectivity index is 2.55. The predicted octanol–water partition coefficient (Wildman–Crippen LogP) is 2.31. The van der Waals surface area contributed by atoms with Gasteiger partial charge in [-0.15, -0.1) is 0 Å². The number of ether oxygens (including phenoxy) is 4. The summed E-state index contributed by atoms with van der Waals surface area (Å²) in [6.45, 7) is 1.93. The van der Waals surface area contributed by atoms with Crippen molar-refractivity contribution in [1.82, 2.24) is 0 Å². The summed E-state index contributed by atoms with van der Waals surface area (Å²) in [6.07, 6.45) is 0.755. The van der Waals surface area contributed by atoms with Crippen LogP contribution in [0.5, 0.6) is 11.5 Å². The summed E-state index contributed by atoms with van der Waals surface area (Å²) >= 11 is 3.35. The Hall–Kier alpha value is -1.11. The van der Waals surface area contributed by atoms with Crippen molar-refractivity contribution in [3.8, 4) is 11.5 Å². The van der Waals surface area contributed by atoms with Crippen LogP contribution in [0.1, 0.15) is 10.4 Å². The third-order valence-electron chi connectivity index (χ3n) is 2.29. The van der Waals surface area contributed by atoms with Crippen LogP contribution in [0, 0.1) is 0 Å². The number of hydrogen-bond acceptors (Lipinski definition) is 5. The number of aldehydes is 1. The number of carbonyl (C=O) groups excluding carboxylic acids is 1. The van der Waals surface area contributed by atoms with Gasteiger partial charge in [-0.05, 0) is 28.1 Å². The van der Waals surface area contributed by atoms with Crippen LogP contribution in [-0.4, -0.2) is 46.9 Å². The van der Waals surface area contributed by atoms with E-state index in [9.17, 15) is 4.79 Å². The van der Waals surface area contributed by atoms with E-state index in [0.717, 1.165) is 6.29 Å². The maximum atomic E-state index is 10.7. The molecule has 0 aliphatic heterocycles. The number of halogens is 1. The molecule has 0 unspecified atom stereocenters. The lowest BCUT2D eigenvalue weighted by Gasteiger charge is -2.13. The summed E-state index contributed by atoms with van der Waals surface area (Å²) in [5, 5.41) is 0. The Morgan fingerprint density at radius 1 is 1.16 bits per heavy atom. The van der Waals surface area contributed by atoms with Gasteiger partial charge in [0, 0.05) is 12.7 Å². The van der Waals surface area contributed by atoms with Crippen molar-refractivity contribution in [1.29, 1.82) is 0 Å². The van der Waals surface area contributed by atoms with Crippen molar-refractivity contribution in [2.45, 2.75) is 0 Å². The summed E-state index contributed by atoms with van der Waals surface area (Å²) in [7, 11) is 3.15. The zero-order valence-corrected chi connectivity index (χ0v) is 12.6. The van der Waals surface area contributed by atoms with E-state index in [-0.39, 0.29) is 0 Å². The SMILES string of the molecule is COCCOCCOc1c(Br)cc(C=O)cc1OC. The van der Waals surface area contributed by atoms with E-state index in [2.05, 4.69) is 15.9 Å². The second-order valence-electron chi connectivity index (χ2n) is 3.61. The van der Waals surface area contributed by atoms with E-state index in [0.29, 0.717) is 48.0 Å². The molecular formula is C13H17BrO5. The van der Waals surface area contributed by atoms with Crippen LogP contribution in [0.2, 0.25) is 0 Å². The molecule has 0 spiro atoms. The lowest BCUT2D eigenvalue weighted by molar-refractivity contribution is 0.0538. The highest BCUT2D eigenvalue weighted by molar-refractivity contribution is 9.10. The van der Waals surface area contributed by atoms with Crippen LogP contribution in [0.25, 0.3) is 0 Å². The normalized spacial score (nSPS) is 10.3. The van der Waals surface area contributed by atoms with Gasteiger partial charge in [0.25, 0.3) is 0 Å². The summed E-state index contributed by atoms with van der Waals surface area (Å²) in [5.74, 6) is 1.07. The third kappa shape index (κ3) is 5.18. The molecule has 0 saturated heterocycles. The van der Waals surface area contributed by atoms with Gasteiger partial charge in [-0.1, -0.05) is 0 Å². The van der Waals surface area contributed by atoms with Gasteiger partial charge in [-0.3, -0.25) is 4.79 Å². The molecule has 1 aromatic carbocycles. The average Bonchev–Trinajstić information content (AvgIpc) is 2.43. The Bertz CT molecular complexity index is 408. The number of rotatable bonds is 9. The molecule has 0 aliphatic rings. The molecule has 0 amide bonds. The van der Waals surface area contributed by atoms with Crippen molar-refractivity contribution in [3.63, 3.8) is 0 Å². The van der Waals surface area contributed by atoms with Crippen molar-refractivity contribution in [3.05, 3.63) is 22.2 Å². The Labute approximate surface area is 120 Å². The first-order chi connectivity index (χ1) is 9.22. The standard InChI is InChI=1S/C13H17BrO5/c1-16-3-4-18-5-6-19-13-11(14)7-10(9-15)8-12(13)17-2/h7-9H,3-6H2,1-2H3. The zero-order chi connectivity index (χ0) is 14.1. The molecule has 1 aromatic rings. The van der Waals surface area contributed by atoms with Gasteiger partial charge >= 0.3 is 0 Å². The van der Waals surface area contributed by atoms with Crippen LogP contribution in [0.15, 0.2) is 16.6 Å². The average molecular weight is 333 g/mol. The first-order valence-corrected chi connectivity index (χ1v) is 6.54. The van der Waals surface area contributed by atoms with E-state index < -0.39 is 0 Å². The maximum Gasteiger partial charge on any atom is 0.175 e. The zero-order valence-electron chi connectivity index (χ0n) is 11.0. The van der Waals surface area contributed by atoms with E-state index in [1.165, 1.54) is 7.11 Å². The lowest BCUT2D eigenvalue weighted by Crippen LogP contribution is -2.10. The van der Waals surface area contributed by atoms with E-state index in [1.807, 2.05) is 0 Å². The highest BCUT2D eigenvalue weighted by atomic mass is 79.9. The summed E-state index contributed by atoms with van der Waals surface area (Å²) in [6, 6.07) is 3.30. The smallest absolute Gasteiger partial charge is 0.175 e. The minimum atomic E-state index is 0.388. The second-order valence-corrected chi connectivity index (χ2v) is 4.46. The van der Waals surface area contributed by atoms with Gasteiger partial charge in [-0.25, -0.2) is 0 Å². The fourth-order valence-corrected chi connectivity index (χ4v) is 1.97. The molecule has 0 atom stereocenters. The third-order valence-corrected chi connectivity index (χ3v) is 2.88. The minimum Gasteiger partial charge on any atom is -0.493 e. The molecule has 19 heavy (non-hydrogen) atoms. The summed E-state index contributed by atoms with van der Waals surface area (Å²) < 4.78 is 21.6. The molecule has 0 bridgehead atoms. The highest BCUT2D eigenvalue weighted by Crippen LogP contribution is 2.36. The second kappa shape index (κ2) is 8.90. The highest BCUT2D eigenvalue weighted by Gasteiger charge is 2.11. The van der Waals surface area contributed by atoms with Crippen molar-refractivity contribution in [2.24, 2.45) is 0 Å². The number of hydrogen-bond donors (Lipinski definition) is 0. The summed E-state index contributed by atoms with van der Waals surface area (Å²) in [4.78, 5) is 10.7. The van der Waals surface area contributed by atoms with Gasteiger partial charge in [-0.2, -0.15) is 0 Å². The molecule has 0 saturated carbocycles. The van der Waals surface area contributed by atoms with Crippen LogP contribution in [-0.2, 0) is 9.47 Å². The number of benzene rings is 1. The molecule has 0 radical (unpaired) electrons. The molecule has 6 heteroatoms. The summed E-state index contributed by atoms with van der Waals surface area (Å²) in [5.41, 5.74) is 0.521.